The van der Waals surface area contributed by atoms with Gasteiger partial charge in [-0.2, -0.15) is 0 Å². The molecule has 0 aliphatic carbocycles. The molecule has 0 amide bonds. The molecule has 0 bridgehead atoms. The normalized spacial score (nSPS) is 22.7. The number of hydrogen-bond donors (Lipinski definition) is 2. The molecule has 30 heavy (non-hydrogen) atoms. The van der Waals surface area contributed by atoms with Gasteiger partial charge in [0.2, 0.25) is 0 Å². The van der Waals surface area contributed by atoms with Crippen LogP contribution in [-0.2, 0) is 25.6 Å². The topological polar surface area (TPSA) is 109 Å². The van der Waals surface area contributed by atoms with Crippen LogP contribution in [0.25, 0.3) is 0 Å². The van der Waals surface area contributed by atoms with Gasteiger partial charge in [-0.15, -0.1) is 0 Å². The Hall–Kier alpha value is -2.20. The summed E-state index contributed by atoms with van der Waals surface area (Å²) in [6, 6.07) is 8.81. The summed E-state index contributed by atoms with van der Waals surface area (Å²) in [5, 5.41) is 13.8. The molecule has 2 N–H and O–H groups in total. The Morgan fingerprint density at radius 1 is 1.27 bits per heavy atom. The van der Waals surface area contributed by atoms with Crippen molar-refractivity contribution >= 4 is 12.9 Å². The van der Waals surface area contributed by atoms with Crippen molar-refractivity contribution in [2.45, 2.75) is 37.6 Å². The van der Waals surface area contributed by atoms with Crippen molar-refractivity contribution in [3.8, 4) is 5.75 Å². The van der Waals surface area contributed by atoms with Crippen LogP contribution in [0.1, 0.15) is 18.4 Å². The predicted molar refractivity (Wildman–Crippen MR) is 112 cm³/mol. The molecule has 0 unspecified atom stereocenters. The van der Waals surface area contributed by atoms with Crippen molar-refractivity contribution in [2.24, 2.45) is 0 Å². The SMILES string of the molecule is COc1cccc(CN2C[C@H](OCCN(C)C)[C@H]3OCCC[C@H]32)c1.O=CO.O=CO. The molecule has 3 rings (SSSR count). The first-order valence-electron chi connectivity index (χ1n) is 9.91. The lowest BCUT2D eigenvalue weighted by molar-refractivity contribution is -0.123. The number of hydrogen-bond acceptors (Lipinski definition) is 7. The average Bonchev–Trinajstić information content (AvgIpc) is 3.07. The summed E-state index contributed by atoms with van der Waals surface area (Å²) < 4.78 is 17.6. The minimum absolute atomic E-state index is 0.181. The number of nitrogens with zero attached hydrogens (tertiary/aromatic N) is 2. The van der Waals surface area contributed by atoms with Gasteiger partial charge in [-0.05, 0) is 44.6 Å². The number of likely N-dealkylation sites (tertiary alicyclic amines) is 1. The van der Waals surface area contributed by atoms with Crippen LogP contribution < -0.4 is 4.74 Å². The lowest BCUT2D eigenvalue weighted by atomic mass is 10.0. The third kappa shape index (κ3) is 8.66. The fourth-order valence-corrected chi connectivity index (χ4v) is 3.72. The van der Waals surface area contributed by atoms with Crippen LogP contribution in [0.4, 0.5) is 0 Å². The van der Waals surface area contributed by atoms with Gasteiger partial charge < -0.3 is 29.3 Å². The average molecular weight is 427 g/mol. The highest BCUT2D eigenvalue weighted by Crippen LogP contribution is 2.32. The van der Waals surface area contributed by atoms with E-state index < -0.39 is 0 Å². The van der Waals surface area contributed by atoms with Crippen molar-refractivity contribution in [3.63, 3.8) is 0 Å². The summed E-state index contributed by atoms with van der Waals surface area (Å²) in [5.41, 5.74) is 1.28. The highest BCUT2D eigenvalue weighted by atomic mass is 16.5. The van der Waals surface area contributed by atoms with E-state index in [4.69, 9.17) is 34.0 Å². The molecule has 1 aromatic rings. The minimum Gasteiger partial charge on any atom is -0.497 e. The largest absolute Gasteiger partial charge is 0.497 e. The molecule has 0 radical (unpaired) electrons. The maximum atomic E-state index is 8.36. The molecule has 1 aromatic carbocycles. The minimum atomic E-state index is -0.250. The zero-order chi connectivity index (χ0) is 22.4. The van der Waals surface area contributed by atoms with Gasteiger partial charge in [0.15, 0.2) is 0 Å². The number of methoxy groups -OCH3 is 1. The van der Waals surface area contributed by atoms with Gasteiger partial charge in [-0.3, -0.25) is 14.5 Å². The summed E-state index contributed by atoms with van der Waals surface area (Å²) in [6.07, 6.45) is 2.73. The van der Waals surface area contributed by atoms with Gasteiger partial charge in [0.1, 0.15) is 11.9 Å². The monoisotopic (exact) mass is 426 g/mol. The van der Waals surface area contributed by atoms with Crippen LogP contribution in [0.3, 0.4) is 0 Å². The number of rotatable bonds is 7. The van der Waals surface area contributed by atoms with Gasteiger partial charge in [-0.25, -0.2) is 0 Å². The van der Waals surface area contributed by atoms with E-state index in [2.05, 4.69) is 42.1 Å². The molecular weight excluding hydrogens is 392 g/mol. The standard InChI is InChI=1S/C19H30N2O3.2CH2O2/c1-20(2)9-11-23-18-14-21(17-8-5-10-24-19(17)18)13-15-6-4-7-16(12-15)22-3;2*2-1-3/h4,6-7,12,17-19H,5,8-11,13-14H2,1-3H3;2*1H,(H,2,3)/t17-,18+,19+;;/m1../s1. The Morgan fingerprint density at radius 3 is 2.60 bits per heavy atom. The third-order valence-electron chi connectivity index (χ3n) is 4.97. The molecule has 2 fully saturated rings. The van der Waals surface area contributed by atoms with E-state index in [0.717, 1.165) is 45.0 Å². The second kappa shape index (κ2) is 14.7. The van der Waals surface area contributed by atoms with E-state index in [9.17, 15) is 0 Å². The Bertz CT molecular complexity index is 609. The van der Waals surface area contributed by atoms with Gasteiger partial charge in [0, 0.05) is 32.3 Å². The molecule has 170 valence electrons. The van der Waals surface area contributed by atoms with Crippen LogP contribution >= 0.6 is 0 Å². The summed E-state index contributed by atoms with van der Waals surface area (Å²) in [5.74, 6) is 0.918. The smallest absolute Gasteiger partial charge is 0.290 e. The second-order valence-electron chi connectivity index (χ2n) is 7.25. The number of carbonyl (C=O) groups is 2. The third-order valence-corrected chi connectivity index (χ3v) is 4.97. The van der Waals surface area contributed by atoms with E-state index >= 15 is 0 Å². The number of likely N-dealkylation sites (N-methyl/N-ethyl adjacent to an activating group) is 1. The Kier molecular flexibility index (Phi) is 12.7. The van der Waals surface area contributed by atoms with E-state index in [1.54, 1.807) is 7.11 Å². The number of benzene rings is 1. The number of fused-ring (bicyclic) bond motifs is 1. The lowest BCUT2D eigenvalue weighted by Crippen LogP contribution is -2.42. The Labute approximate surface area is 178 Å². The van der Waals surface area contributed by atoms with Crippen LogP contribution in [0.2, 0.25) is 0 Å². The first-order chi connectivity index (χ1) is 14.5. The van der Waals surface area contributed by atoms with E-state index in [0.29, 0.717) is 6.04 Å². The lowest BCUT2D eigenvalue weighted by Gasteiger charge is -2.32. The Morgan fingerprint density at radius 2 is 1.97 bits per heavy atom. The van der Waals surface area contributed by atoms with Crippen LogP contribution in [0.15, 0.2) is 24.3 Å². The number of ether oxygens (including phenoxy) is 3. The van der Waals surface area contributed by atoms with Crippen molar-refractivity contribution in [2.75, 3.05) is 47.5 Å². The van der Waals surface area contributed by atoms with E-state index in [-0.39, 0.29) is 25.2 Å². The molecule has 0 saturated carbocycles. The summed E-state index contributed by atoms with van der Waals surface area (Å²) in [7, 11) is 5.87. The summed E-state index contributed by atoms with van der Waals surface area (Å²) in [6.45, 7) is 3.94. The fraction of sp³-hybridized carbons (Fsp3) is 0.619. The summed E-state index contributed by atoms with van der Waals surface area (Å²) >= 11 is 0. The maximum absolute atomic E-state index is 8.36. The van der Waals surface area contributed by atoms with E-state index in [1.807, 2.05) is 6.07 Å². The molecule has 0 aromatic heterocycles. The summed E-state index contributed by atoms with van der Waals surface area (Å²) in [4.78, 5) is 21.4. The maximum Gasteiger partial charge on any atom is 0.290 e. The number of carboxylic acid groups (broad SMARTS) is 2. The molecule has 9 nitrogen and oxygen atoms in total. The second-order valence-corrected chi connectivity index (χ2v) is 7.25. The van der Waals surface area contributed by atoms with Gasteiger partial charge in [-0.1, -0.05) is 12.1 Å². The predicted octanol–water partition coefficient (Wildman–Crippen LogP) is 1.41. The van der Waals surface area contributed by atoms with Crippen LogP contribution in [-0.4, -0.2) is 98.7 Å². The van der Waals surface area contributed by atoms with Crippen LogP contribution in [0.5, 0.6) is 5.75 Å². The Balaban J connectivity index is 0.000000672. The van der Waals surface area contributed by atoms with Gasteiger partial charge >= 0.3 is 0 Å². The highest BCUT2D eigenvalue weighted by molar-refractivity contribution is 5.33. The molecule has 9 heteroatoms. The molecule has 2 aliphatic rings. The zero-order valence-electron chi connectivity index (χ0n) is 18.0. The van der Waals surface area contributed by atoms with E-state index in [1.165, 1.54) is 12.0 Å². The van der Waals surface area contributed by atoms with Crippen molar-refractivity contribution in [1.82, 2.24) is 9.80 Å². The first-order valence-corrected chi connectivity index (χ1v) is 9.91. The highest BCUT2D eigenvalue weighted by Gasteiger charge is 2.44. The molecule has 0 spiro atoms. The quantitative estimate of drug-likeness (QED) is 0.626. The molecular formula is C21H34N2O7. The van der Waals surface area contributed by atoms with Crippen molar-refractivity contribution in [3.05, 3.63) is 29.8 Å². The zero-order valence-corrected chi connectivity index (χ0v) is 18.0. The molecule has 2 saturated heterocycles. The molecule has 3 atom stereocenters. The van der Waals surface area contributed by atoms with Crippen molar-refractivity contribution < 1.29 is 34.0 Å². The van der Waals surface area contributed by atoms with Gasteiger partial charge in [0.25, 0.3) is 12.9 Å². The van der Waals surface area contributed by atoms with Gasteiger partial charge in [0.05, 0.1) is 19.8 Å². The van der Waals surface area contributed by atoms with Crippen molar-refractivity contribution in [1.29, 1.82) is 0 Å². The molecule has 2 aliphatic heterocycles. The van der Waals surface area contributed by atoms with Crippen LogP contribution in [0, 0.1) is 0 Å². The first kappa shape index (κ1) is 25.8. The fourth-order valence-electron chi connectivity index (χ4n) is 3.72. The molecule has 2 heterocycles.